The lowest BCUT2D eigenvalue weighted by Gasteiger charge is -2.10. The van der Waals surface area contributed by atoms with E-state index in [1.165, 1.54) is 42.4 Å². The van der Waals surface area contributed by atoms with Crippen LogP contribution in [0.3, 0.4) is 0 Å². The smallest absolute Gasteiger partial charge is 0.164 e. The second-order valence-corrected chi connectivity index (χ2v) is 15.0. The lowest BCUT2D eigenvalue weighted by Crippen LogP contribution is -2.00. The Labute approximate surface area is 327 Å². The van der Waals surface area contributed by atoms with E-state index in [-0.39, 0.29) is 0 Å². The molecule has 3 heterocycles. The number of thiophene rings is 1. The van der Waals surface area contributed by atoms with Crippen molar-refractivity contribution in [2.75, 3.05) is 0 Å². The first-order chi connectivity index (χ1) is 27.7. The van der Waals surface area contributed by atoms with Crippen LogP contribution in [0, 0.1) is 0 Å². The van der Waals surface area contributed by atoms with Gasteiger partial charge in [0.15, 0.2) is 17.5 Å². The van der Waals surface area contributed by atoms with Crippen LogP contribution in [0.2, 0.25) is 0 Å². The Balaban J connectivity index is 1.01. The molecule has 11 aromatic rings. The summed E-state index contributed by atoms with van der Waals surface area (Å²) < 4.78 is 9.11. The van der Waals surface area contributed by atoms with Crippen molar-refractivity contribution in [2.45, 2.75) is 0 Å². The first-order valence-corrected chi connectivity index (χ1v) is 19.5. The summed E-state index contributed by atoms with van der Waals surface area (Å²) in [5.41, 5.74) is 11.5. The summed E-state index contributed by atoms with van der Waals surface area (Å²) in [5.74, 6) is 1.83. The van der Waals surface area contributed by atoms with Crippen LogP contribution in [0.25, 0.3) is 110 Å². The van der Waals surface area contributed by atoms with Gasteiger partial charge in [-0.15, -0.1) is 11.3 Å². The molecule has 3 aromatic heterocycles. The van der Waals surface area contributed by atoms with Gasteiger partial charge in [-0.05, 0) is 63.7 Å². The zero-order valence-electron chi connectivity index (χ0n) is 30.1. The van der Waals surface area contributed by atoms with Crippen LogP contribution in [0.5, 0.6) is 0 Å². The van der Waals surface area contributed by atoms with E-state index < -0.39 is 0 Å². The molecule has 56 heavy (non-hydrogen) atoms. The standard InChI is InChI=1S/C51H31N3OS/c1-4-12-32(13-5-1)33-20-22-36(23-21-33)50-52-49(35-16-8-3-9-17-35)53-51(54-50)38-24-26-41-43-30-37(25-29-44(43)55-45(41)31-38)40-28-27-39(34-14-6-2-7-15-34)47-42-18-10-11-19-46(42)56-48(40)47/h1-31H. The molecule has 0 N–H and O–H groups in total. The third-order valence-electron chi connectivity index (χ3n) is 10.6. The van der Waals surface area contributed by atoms with E-state index in [9.17, 15) is 0 Å². The number of hydrogen-bond acceptors (Lipinski definition) is 5. The summed E-state index contributed by atoms with van der Waals surface area (Å²) in [6.07, 6.45) is 0. The zero-order chi connectivity index (χ0) is 37.0. The van der Waals surface area contributed by atoms with Crippen LogP contribution < -0.4 is 0 Å². The average molecular weight is 734 g/mol. The second kappa shape index (κ2) is 13.3. The first-order valence-electron chi connectivity index (χ1n) is 18.7. The van der Waals surface area contributed by atoms with Crippen molar-refractivity contribution in [3.05, 3.63) is 188 Å². The Bertz CT molecular complexity index is 3230. The third-order valence-corrected chi connectivity index (χ3v) is 11.8. The molecule has 0 bridgehead atoms. The lowest BCUT2D eigenvalue weighted by molar-refractivity contribution is 0.669. The number of hydrogen-bond donors (Lipinski definition) is 0. The van der Waals surface area contributed by atoms with Crippen LogP contribution in [-0.4, -0.2) is 15.0 Å². The van der Waals surface area contributed by atoms with E-state index in [0.717, 1.165) is 49.8 Å². The fraction of sp³-hybridized carbons (Fsp3) is 0. The van der Waals surface area contributed by atoms with Crippen LogP contribution in [-0.2, 0) is 0 Å². The summed E-state index contributed by atoms with van der Waals surface area (Å²) >= 11 is 1.86. The van der Waals surface area contributed by atoms with E-state index in [1.54, 1.807) is 0 Å². The van der Waals surface area contributed by atoms with Crippen molar-refractivity contribution in [3.8, 4) is 67.5 Å². The van der Waals surface area contributed by atoms with E-state index in [1.807, 2.05) is 47.7 Å². The molecule has 0 unspecified atom stereocenters. The Hall–Kier alpha value is -7.21. The molecule has 5 heteroatoms. The van der Waals surface area contributed by atoms with Gasteiger partial charge in [0.1, 0.15) is 11.2 Å². The molecule has 262 valence electrons. The molecule has 0 amide bonds. The highest BCUT2D eigenvalue weighted by atomic mass is 32.1. The number of fused-ring (bicyclic) bond motifs is 6. The number of nitrogens with zero attached hydrogens (tertiary/aromatic N) is 3. The maximum atomic E-state index is 6.53. The molecule has 0 aliphatic heterocycles. The molecule has 0 fully saturated rings. The van der Waals surface area contributed by atoms with Crippen molar-refractivity contribution in [1.82, 2.24) is 15.0 Å². The van der Waals surface area contributed by atoms with Crippen molar-refractivity contribution in [1.29, 1.82) is 0 Å². The number of rotatable bonds is 6. The highest BCUT2D eigenvalue weighted by Gasteiger charge is 2.18. The first kappa shape index (κ1) is 32.2. The van der Waals surface area contributed by atoms with Gasteiger partial charge in [0.05, 0.1) is 0 Å². The monoisotopic (exact) mass is 733 g/mol. The second-order valence-electron chi connectivity index (χ2n) is 14.0. The Morgan fingerprint density at radius 2 is 0.875 bits per heavy atom. The third kappa shape index (κ3) is 5.56. The van der Waals surface area contributed by atoms with Gasteiger partial charge in [0.2, 0.25) is 0 Å². The minimum absolute atomic E-state index is 0.592. The molecule has 0 radical (unpaired) electrons. The van der Waals surface area contributed by atoms with E-state index in [4.69, 9.17) is 19.4 Å². The maximum absolute atomic E-state index is 6.53. The fourth-order valence-electron chi connectivity index (χ4n) is 7.79. The summed E-state index contributed by atoms with van der Waals surface area (Å²) in [4.78, 5) is 15.0. The van der Waals surface area contributed by atoms with Gasteiger partial charge in [0, 0.05) is 47.6 Å². The topological polar surface area (TPSA) is 51.8 Å². The Morgan fingerprint density at radius 3 is 1.61 bits per heavy atom. The zero-order valence-corrected chi connectivity index (χ0v) is 30.9. The number of furan rings is 1. The normalized spacial score (nSPS) is 11.6. The molecule has 0 saturated carbocycles. The summed E-state index contributed by atoms with van der Waals surface area (Å²) in [6.45, 7) is 0. The van der Waals surface area contributed by atoms with Gasteiger partial charge in [-0.3, -0.25) is 0 Å². The predicted octanol–water partition coefficient (Wildman–Crippen LogP) is 14.1. The van der Waals surface area contributed by atoms with Crippen molar-refractivity contribution >= 4 is 53.4 Å². The number of benzene rings is 8. The van der Waals surface area contributed by atoms with Crippen molar-refractivity contribution in [2.24, 2.45) is 0 Å². The minimum Gasteiger partial charge on any atom is -0.456 e. The largest absolute Gasteiger partial charge is 0.456 e. The molecule has 0 spiro atoms. The van der Waals surface area contributed by atoms with E-state index >= 15 is 0 Å². The fourth-order valence-corrected chi connectivity index (χ4v) is 9.05. The maximum Gasteiger partial charge on any atom is 0.164 e. The quantitative estimate of drug-likeness (QED) is 0.171. The van der Waals surface area contributed by atoms with Crippen LogP contribution in [0.15, 0.2) is 192 Å². The molecule has 4 nitrogen and oxygen atoms in total. The molecule has 0 aliphatic carbocycles. The van der Waals surface area contributed by atoms with Gasteiger partial charge in [-0.2, -0.15) is 0 Å². The van der Waals surface area contributed by atoms with Gasteiger partial charge in [0.25, 0.3) is 0 Å². The van der Waals surface area contributed by atoms with E-state index in [2.05, 4.69) is 152 Å². The van der Waals surface area contributed by atoms with E-state index in [0.29, 0.717) is 17.5 Å². The highest BCUT2D eigenvalue weighted by Crippen LogP contribution is 2.45. The van der Waals surface area contributed by atoms with Crippen LogP contribution >= 0.6 is 11.3 Å². The highest BCUT2D eigenvalue weighted by molar-refractivity contribution is 7.26. The molecule has 11 rings (SSSR count). The SMILES string of the molecule is c1ccc(-c2ccc(-c3nc(-c4ccccc4)nc(-c4ccc5c(c4)oc4ccc(-c6ccc(-c7ccccc7)c7c6sc6ccccc67)cc45)n3)cc2)cc1. The molecule has 0 saturated heterocycles. The molecular weight excluding hydrogens is 703 g/mol. The summed E-state index contributed by atoms with van der Waals surface area (Å²) in [6, 6.07) is 65.7. The average Bonchev–Trinajstić information content (AvgIpc) is 3.85. The van der Waals surface area contributed by atoms with Crippen molar-refractivity contribution < 1.29 is 4.42 Å². The molecular formula is C51H31N3OS. The Kier molecular flexibility index (Phi) is 7.64. The summed E-state index contributed by atoms with van der Waals surface area (Å²) in [5, 5.41) is 4.71. The molecule has 0 aliphatic rings. The van der Waals surface area contributed by atoms with Gasteiger partial charge >= 0.3 is 0 Å². The van der Waals surface area contributed by atoms with Crippen LogP contribution in [0.4, 0.5) is 0 Å². The van der Waals surface area contributed by atoms with Gasteiger partial charge < -0.3 is 4.42 Å². The summed E-state index contributed by atoms with van der Waals surface area (Å²) in [7, 11) is 0. The minimum atomic E-state index is 0.592. The van der Waals surface area contributed by atoms with Crippen molar-refractivity contribution in [3.63, 3.8) is 0 Å². The van der Waals surface area contributed by atoms with Crippen LogP contribution in [0.1, 0.15) is 0 Å². The van der Waals surface area contributed by atoms with Gasteiger partial charge in [-0.1, -0.05) is 158 Å². The predicted molar refractivity (Wildman–Crippen MR) is 233 cm³/mol. The molecule has 0 atom stereocenters. The van der Waals surface area contributed by atoms with Gasteiger partial charge in [-0.25, -0.2) is 15.0 Å². The lowest BCUT2D eigenvalue weighted by atomic mass is 9.94. The Morgan fingerprint density at radius 1 is 0.339 bits per heavy atom. The molecule has 8 aromatic carbocycles. The number of aromatic nitrogens is 3.